The molecule has 37 heavy (non-hydrogen) atoms. The highest BCUT2D eigenvalue weighted by Crippen LogP contribution is 2.44. The molecule has 2 saturated heterocycles. The van der Waals surface area contributed by atoms with Crippen molar-refractivity contribution in [3.8, 4) is 0 Å². The zero-order valence-electron chi connectivity index (χ0n) is 25.4. The van der Waals surface area contributed by atoms with Crippen LogP contribution in [0.2, 0.25) is 36.3 Å². The lowest BCUT2D eigenvalue weighted by Crippen LogP contribution is -2.56. The van der Waals surface area contributed by atoms with Crippen molar-refractivity contribution in [2.45, 2.75) is 122 Å². The van der Waals surface area contributed by atoms with Crippen LogP contribution >= 0.6 is 0 Å². The number of nitrogens with one attached hydrogen (secondary N) is 1. The van der Waals surface area contributed by atoms with Crippen molar-refractivity contribution in [1.82, 2.24) is 18.6 Å². The van der Waals surface area contributed by atoms with Gasteiger partial charge in [0, 0.05) is 14.1 Å². The maximum atomic E-state index is 13.8. The molecule has 0 radical (unpaired) electrons. The van der Waals surface area contributed by atoms with Crippen LogP contribution in [0.4, 0.5) is 0 Å². The van der Waals surface area contributed by atoms with Gasteiger partial charge in [0.05, 0.1) is 30.6 Å². The maximum absolute atomic E-state index is 13.8. The quantitative estimate of drug-likeness (QED) is 0.495. The summed E-state index contributed by atoms with van der Waals surface area (Å²) in [5.41, 5.74) is 1.22. The molecule has 0 spiro atoms. The molecule has 0 bridgehead atoms. The van der Waals surface area contributed by atoms with Gasteiger partial charge in [-0.15, -0.1) is 0 Å². The lowest BCUT2D eigenvalue weighted by atomic mass is 10.1. The van der Waals surface area contributed by atoms with Crippen LogP contribution < -0.4 is 10.8 Å². The van der Waals surface area contributed by atoms with E-state index < -0.39 is 38.4 Å². The summed E-state index contributed by atoms with van der Waals surface area (Å²) >= 11 is 0. The van der Waals surface area contributed by atoms with Crippen molar-refractivity contribution in [3.05, 3.63) is 11.9 Å². The number of hydrogen-bond acceptors (Lipinski definition) is 7. The molecule has 2 fully saturated rings. The Labute approximate surface area is 227 Å². The second-order valence-corrected chi connectivity index (χ2v) is 26.3. The van der Waals surface area contributed by atoms with Crippen LogP contribution in [0.5, 0.6) is 0 Å². The topological polar surface area (TPSA) is 94.9 Å². The Morgan fingerprint density at radius 1 is 1.05 bits per heavy atom. The summed E-state index contributed by atoms with van der Waals surface area (Å²) in [4.78, 5) is 4.80. The Morgan fingerprint density at radius 3 is 2.08 bits per heavy atom. The lowest BCUT2D eigenvalue weighted by Gasteiger charge is -2.37. The zero-order valence-corrected chi connectivity index (χ0v) is 28.2. The van der Waals surface area contributed by atoms with E-state index in [1.807, 2.05) is 13.8 Å². The van der Waals surface area contributed by atoms with Crippen LogP contribution in [0, 0.1) is 0 Å². The van der Waals surface area contributed by atoms with E-state index in [4.69, 9.17) is 18.9 Å². The Morgan fingerprint density at radius 2 is 1.59 bits per heavy atom. The molecule has 2 aliphatic heterocycles. The molecule has 0 saturated carbocycles. The van der Waals surface area contributed by atoms with Gasteiger partial charge in [0.1, 0.15) is 25.7 Å². The smallest absolute Gasteiger partial charge is 0.308 e. The average Bonchev–Trinajstić information content (AvgIpc) is 3.35. The number of imidazole rings is 1. The highest BCUT2D eigenvalue weighted by atomic mass is 32.2. The fraction of sp³-hybridized carbons (Fsp3) is 0.880. The predicted molar refractivity (Wildman–Crippen MR) is 154 cm³/mol. The third-order valence-electron chi connectivity index (χ3n) is 8.90. The third-order valence-corrected chi connectivity index (χ3v) is 20.6. The van der Waals surface area contributed by atoms with Crippen molar-refractivity contribution < 1.29 is 22.3 Å². The minimum absolute atomic E-state index is 0.0766. The molecule has 214 valence electrons. The van der Waals surface area contributed by atoms with Crippen LogP contribution in [0.1, 0.15) is 67.1 Å². The molecule has 1 aromatic heterocycles. The van der Waals surface area contributed by atoms with E-state index in [1.54, 1.807) is 20.3 Å². The molecule has 4 atom stereocenters. The molecule has 2 aliphatic rings. The number of rotatable bonds is 7. The monoisotopic (exact) mass is 574 g/mol. The first-order valence-electron chi connectivity index (χ1n) is 13.2. The molecular weight excluding hydrogens is 525 g/mol. The van der Waals surface area contributed by atoms with Gasteiger partial charge in [-0.05, 0) is 37.0 Å². The highest BCUT2D eigenvalue weighted by molar-refractivity contribution is 7.87. The van der Waals surface area contributed by atoms with Crippen molar-refractivity contribution >= 4 is 32.0 Å². The fourth-order valence-corrected chi connectivity index (χ4v) is 9.21. The van der Waals surface area contributed by atoms with Gasteiger partial charge < -0.3 is 13.9 Å². The zero-order chi connectivity index (χ0) is 28.6. The minimum Gasteiger partial charge on any atom is -0.415 e. The Kier molecular flexibility index (Phi) is 7.94. The molecule has 3 heterocycles. The standard InChI is InChI=1S/C25H50N4O5SSi2/c1-23(2,3)36(11,12)22-26-15-18(29(22)35(30,31)28(9)10)19-21-20(33-25(7,8)34-21)17(27-19)16-32-37(13,14)24(4,5)6/h15,17,19-21,27H,16H2,1-14H3/t17-,19+,20+,21-/m0/s1. The summed E-state index contributed by atoms with van der Waals surface area (Å²) in [6.45, 7) is 26.3. The highest BCUT2D eigenvalue weighted by Gasteiger charge is 2.56. The van der Waals surface area contributed by atoms with Gasteiger partial charge >= 0.3 is 10.2 Å². The van der Waals surface area contributed by atoms with Crippen molar-refractivity contribution in [2.75, 3.05) is 20.7 Å². The van der Waals surface area contributed by atoms with E-state index in [9.17, 15) is 8.42 Å². The van der Waals surface area contributed by atoms with Gasteiger partial charge in [0.2, 0.25) is 0 Å². The van der Waals surface area contributed by atoms with Crippen molar-refractivity contribution in [1.29, 1.82) is 0 Å². The fourth-order valence-electron chi connectivity index (χ4n) is 4.44. The van der Waals surface area contributed by atoms with Gasteiger partial charge in [-0.2, -0.15) is 12.7 Å². The van der Waals surface area contributed by atoms with Crippen LogP contribution in [0.3, 0.4) is 0 Å². The number of nitrogens with zero attached hydrogens (tertiary/aromatic N) is 3. The summed E-state index contributed by atoms with van der Waals surface area (Å²) in [6, 6.07) is -0.562. The van der Waals surface area contributed by atoms with E-state index >= 15 is 0 Å². The predicted octanol–water partition coefficient (Wildman–Crippen LogP) is 3.81. The van der Waals surface area contributed by atoms with E-state index in [0.717, 1.165) is 0 Å². The summed E-state index contributed by atoms with van der Waals surface area (Å²) in [7, 11) is -5.04. The molecular formula is C25H50N4O5SSi2. The van der Waals surface area contributed by atoms with Crippen LogP contribution in [-0.4, -0.2) is 82.8 Å². The summed E-state index contributed by atoms with van der Waals surface area (Å²) in [5.74, 6) is -0.779. The van der Waals surface area contributed by atoms with Gasteiger partial charge in [-0.3, -0.25) is 5.32 Å². The normalized spacial score (nSPS) is 27.2. The first kappa shape index (κ1) is 30.9. The Hall–Kier alpha value is -0.606. The van der Waals surface area contributed by atoms with Crippen molar-refractivity contribution in [2.24, 2.45) is 0 Å². The summed E-state index contributed by atoms with van der Waals surface area (Å²) in [6.07, 6.45) is 1.08. The molecule has 1 N–H and O–H groups in total. The molecule has 3 rings (SSSR count). The third kappa shape index (κ3) is 5.54. The number of hydrogen-bond donors (Lipinski definition) is 1. The van der Waals surface area contributed by atoms with E-state index in [2.05, 4.69) is 73.0 Å². The van der Waals surface area contributed by atoms with E-state index in [-0.39, 0.29) is 28.3 Å². The second-order valence-electron chi connectivity index (χ2n) is 14.3. The molecule has 0 aromatic carbocycles. The summed E-state index contributed by atoms with van der Waals surface area (Å²) < 4.78 is 49.6. The molecule has 0 amide bonds. The van der Waals surface area contributed by atoms with Gasteiger partial charge in [-0.25, -0.2) is 8.96 Å². The van der Waals surface area contributed by atoms with Gasteiger partial charge in [0.25, 0.3) is 0 Å². The first-order valence-corrected chi connectivity index (χ1v) is 20.5. The molecule has 9 nitrogen and oxygen atoms in total. The first-order chi connectivity index (χ1) is 16.4. The average molecular weight is 575 g/mol. The molecule has 12 heteroatoms. The van der Waals surface area contributed by atoms with Gasteiger partial charge in [0.15, 0.2) is 14.1 Å². The van der Waals surface area contributed by atoms with Crippen LogP contribution in [0.15, 0.2) is 6.20 Å². The number of ether oxygens (including phenoxy) is 2. The SMILES string of the molecule is CN(C)S(=O)(=O)n1c([C@H]2N[C@@H](CO[Si](C)(C)C(C)(C)C)[C@H]3OC(C)(C)O[C@H]32)cnc1[Si](C)(C)C(C)(C)C. The molecule has 1 aromatic rings. The minimum atomic E-state index is -3.84. The number of aromatic nitrogens is 2. The van der Waals surface area contributed by atoms with Gasteiger partial charge in [-0.1, -0.05) is 54.6 Å². The van der Waals surface area contributed by atoms with Crippen LogP contribution in [0.25, 0.3) is 0 Å². The Balaban J connectivity index is 2.10. The molecule has 0 aliphatic carbocycles. The van der Waals surface area contributed by atoms with Crippen LogP contribution in [-0.2, 0) is 24.1 Å². The largest absolute Gasteiger partial charge is 0.415 e. The second kappa shape index (κ2) is 9.50. The van der Waals surface area contributed by atoms with E-state index in [1.165, 1.54) is 8.28 Å². The lowest BCUT2D eigenvalue weighted by molar-refractivity contribution is -0.157. The van der Waals surface area contributed by atoms with E-state index in [0.29, 0.717) is 17.7 Å². The summed E-state index contributed by atoms with van der Waals surface area (Å²) in [5, 5.41) is 3.62. The maximum Gasteiger partial charge on any atom is 0.308 e. The Bertz CT molecular complexity index is 1100. The molecule has 0 unspecified atom stereocenters. The van der Waals surface area contributed by atoms with Crippen molar-refractivity contribution in [3.63, 3.8) is 0 Å². The number of fused-ring (bicyclic) bond motifs is 1.